The van der Waals surface area contributed by atoms with Crippen molar-refractivity contribution in [2.24, 2.45) is 23.7 Å². The number of rotatable bonds is 4. The number of carboxylic acids is 4. The Morgan fingerprint density at radius 2 is 0.737 bits per heavy atom. The SMILES string of the molecule is CC(C)(C)OC(=O)N1C[C@H](C(=O)O)C[C@H](C(=O)O)C1.CC(C)(C)OC(=O)N1C[C@H](C(=O)O)C[C@H](C(=O)O)C1. The van der Waals surface area contributed by atoms with E-state index in [2.05, 4.69) is 0 Å². The molecule has 2 amide bonds. The van der Waals surface area contributed by atoms with Crippen LogP contribution < -0.4 is 0 Å². The topological polar surface area (TPSA) is 208 Å². The van der Waals surface area contributed by atoms with Crippen molar-refractivity contribution in [3.05, 3.63) is 0 Å². The molecule has 0 radical (unpaired) electrons. The van der Waals surface area contributed by atoms with Crippen LogP contribution in [0.1, 0.15) is 54.4 Å². The molecule has 2 rings (SSSR count). The highest BCUT2D eigenvalue weighted by Crippen LogP contribution is 2.25. The van der Waals surface area contributed by atoms with Gasteiger partial charge in [0.25, 0.3) is 0 Å². The lowest BCUT2D eigenvalue weighted by atomic mass is 9.89. The zero-order valence-corrected chi connectivity index (χ0v) is 22.5. The van der Waals surface area contributed by atoms with Gasteiger partial charge in [-0.2, -0.15) is 0 Å². The standard InChI is InChI=1S/2C12H19NO6/c2*1-12(2,3)19-11(18)13-5-7(9(14)15)4-8(6-13)10(16)17/h2*7-8H,4-6H2,1-3H3,(H,14,15)(H,16,17)/t2*7-,8+. The van der Waals surface area contributed by atoms with E-state index in [1.807, 2.05) is 0 Å². The van der Waals surface area contributed by atoms with Crippen LogP contribution in [0.2, 0.25) is 0 Å². The number of likely N-dealkylation sites (tertiary alicyclic amines) is 2. The summed E-state index contributed by atoms with van der Waals surface area (Å²) >= 11 is 0. The summed E-state index contributed by atoms with van der Waals surface area (Å²) in [5, 5.41) is 36.0. The zero-order chi connectivity index (χ0) is 29.6. The number of aliphatic carboxylic acids is 4. The van der Waals surface area contributed by atoms with E-state index >= 15 is 0 Å². The Hall–Kier alpha value is -3.58. The van der Waals surface area contributed by atoms with Crippen LogP contribution in [-0.2, 0) is 28.7 Å². The lowest BCUT2D eigenvalue weighted by Crippen LogP contribution is -2.49. The van der Waals surface area contributed by atoms with E-state index in [0.717, 1.165) is 9.80 Å². The third-order valence-electron chi connectivity index (χ3n) is 5.60. The van der Waals surface area contributed by atoms with Gasteiger partial charge in [-0.25, -0.2) is 9.59 Å². The molecule has 2 saturated heterocycles. The summed E-state index contributed by atoms with van der Waals surface area (Å²) in [4.78, 5) is 70.1. The van der Waals surface area contributed by atoms with Gasteiger partial charge in [0.2, 0.25) is 0 Å². The average molecular weight is 547 g/mol. The van der Waals surface area contributed by atoms with E-state index in [1.54, 1.807) is 41.5 Å². The molecule has 14 nitrogen and oxygen atoms in total. The zero-order valence-electron chi connectivity index (χ0n) is 22.5. The van der Waals surface area contributed by atoms with Gasteiger partial charge in [-0.1, -0.05) is 0 Å². The van der Waals surface area contributed by atoms with Gasteiger partial charge in [0.05, 0.1) is 23.7 Å². The van der Waals surface area contributed by atoms with Crippen LogP contribution in [0.4, 0.5) is 9.59 Å². The monoisotopic (exact) mass is 546 g/mol. The number of nitrogens with zero attached hydrogens (tertiary/aromatic N) is 2. The summed E-state index contributed by atoms with van der Waals surface area (Å²) in [6.07, 6.45) is -1.29. The van der Waals surface area contributed by atoms with Crippen molar-refractivity contribution in [2.45, 2.75) is 65.6 Å². The second kappa shape index (κ2) is 12.8. The maximum atomic E-state index is 11.9. The second-order valence-electron chi connectivity index (χ2n) is 11.4. The molecule has 2 fully saturated rings. The minimum absolute atomic E-state index is 0.0198. The van der Waals surface area contributed by atoms with Gasteiger partial charge in [0.1, 0.15) is 11.2 Å². The Kier molecular flexibility index (Phi) is 10.9. The van der Waals surface area contributed by atoms with E-state index in [0.29, 0.717) is 0 Å². The number of carboxylic acid groups (broad SMARTS) is 4. The van der Waals surface area contributed by atoms with Gasteiger partial charge in [-0.15, -0.1) is 0 Å². The van der Waals surface area contributed by atoms with Gasteiger partial charge in [0, 0.05) is 26.2 Å². The van der Waals surface area contributed by atoms with Gasteiger partial charge >= 0.3 is 36.1 Å². The fraction of sp³-hybridized carbons (Fsp3) is 0.750. The highest BCUT2D eigenvalue weighted by Gasteiger charge is 2.39. The maximum Gasteiger partial charge on any atom is 0.410 e. The number of hydrogen-bond acceptors (Lipinski definition) is 8. The quantitative estimate of drug-likeness (QED) is 0.399. The van der Waals surface area contributed by atoms with Crippen LogP contribution >= 0.6 is 0 Å². The average Bonchev–Trinajstić information content (AvgIpc) is 2.76. The van der Waals surface area contributed by atoms with Crippen LogP contribution in [0, 0.1) is 23.7 Å². The van der Waals surface area contributed by atoms with Gasteiger partial charge in [-0.3, -0.25) is 19.2 Å². The largest absolute Gasteiger partial charge is 0.481 e. The van der Waals surface area contributed by atoms with Crippen molar-refractivity contribution in [3.8, 4) is 0 Å². The molecule has 0 aromatic carbocycles. The highest BCUT2D eigenvalue weighted by atomic mass is 16.6. The Morgan fingerprint density at radius 1 is 0.526 bits per heavy atom. The predicted molar refractivity (Wildman–Crippen MR) is 129 cm³/mol. The van der Waals surface area contributed by atoms with Crippen molar-refractivity contribution in [1.29, 1.82) is 0 Å². The molecule has 0 spiro atoms. The smallest absolute Gasteiger partial charge is 0.410 e. The molecule has 216 valence electrons. The predicted octanol–water partition coefficient (Wildman–Crippen LogP) is 2.06. The fourth-order valence-corrected chi connectivity index (χ4v) is 3.86. The molecule has 0 unspecified atom stereocenters. The van der Waals surface area contributed by atoms with Crippen LogP contribution in [0.25, 0.3) is 0 Å². The summed E-state index contributed by atoms with van der Waals surface area (Å²) < 4.78 is 10.3. The van der Waals surface area contributed by atoms with Gasteiger partial charge in [0.15, 0.2) is 0 Å². The van der Waals surface area contributed by atoms with Crippen LogP contribution in [0.3, 0.4) is 0 Å². The summed E-state index contributed by atoms with van der Waals surface area (Å²) in [6, 6.07) is 0. The Morgan fingerprint density at radius 3 is 0.895 bits per heavy atom. The van der Waals surface area contributed by atoms with E-state index in [9.17, 15) is 28.8 Å². The molecule has 4 atom stereocenters. The first kappa shape index (κ1) is 32.4. The van der Waals surface area contributed by atoms with Crippen molar-refractivity contribution in [3.63, 3.8) is 0 Å². The summed E-state index contributed by atoms with van der Waals surface area (Å²) in [5.74, 6) is -7.88. The number of piperidine rings is 2. The number of amides is 2. The van der Waals surface area contributed by atoms with Crippen LogP contribution in [-0.4, -0.2) is 104 Å². The molecular formula is C24H38N2O12. The summed E-state index contributed by atoms with van der Waals surface area (Å²) in [6.45, 7) is 10.1. The Bertz CT molecular complexity index is 802. The van der Waals surface area contributed by atoms with E-state index in [1.165, 1.54) is 0 Å². The second-order valence-corrected chi connectivity index (χ2v) is 11.4. The lowest BCUT2D eigenvalue weighted by Gasteiger charge is -2.35. The molecule has 0 bridgehead atoms. The third-order valence-corrected chi connectivity index (χ3v) is 5.60. The highest BCUT2D eigenvalue weighted by molar-refractivity contribution is 5.78. The Balaban J connectivity index is 0.000000380. The summed E-state index contributed by atoms with van der Waals surface area (Å²) in [5.41, 5.74) is -1.40. The number of hydrogen-bond donors (Lipinski definition) is 4. The molecule has 2 aliphatic heterocycles. The fourth-order valence-electron chi connectivity index (χ4n) is 3.86. The molecule has 14 heteroatoms. The van der Waals surface area contributed by atoms with E-state index < -0.39 is 70.9 Å². The number of ether oxygens (including phenoxy) is 2. The van der Waals surface area contributed by atoms with Gasteiger partial charge < -0.3 is 39.7 Å². The maximum absolute atomic E-state index is 11.9. The number of carbonyl (C=O) groups excluding carboxylic acids is 2. The van der Waals surface area contributed by atoms with Crippen molar-refractivity contribution in [2.75, 3.05) is 26.2 Å². The molecule has 2 heterocycles. The van der Waals surface area contributed by atoms with Crippen LogP contribution in [0.15, 0.2) is 0 Å². The normalized spacial score (nSPS) is 23.8. The van der Waals surface area contributed by atoms with Crippen LogP contribution in [0.5, 0.6) is 0 Å². The Labute approximate surface area is 220 Å². The molecule has 4 N–H and O–H groups in total. The minimum atomic E-state index is -1.10. The molecule has 0 aromatic heterocycles. The first-order valence-corrected chi connectivity index (χ1v) is 12.1. The lowest BCUT2D eigenvalue weighted by molar-refractivity contribution is -0.151. The van der Waals surface area contributed by atoms with E-state index in [4.69, 9.17) is 29.9 Å². The summed E-state index contributed by atoms with van der Waals surface area (Å²) in [7, 11) is 0. The third kappa shape index (κ3) is 10.8. The van der Waals surface area contributed by atoms with Crippen molar-refractivity contribution < 1.29 is 58.7 Å². The number of carbonyl (C=O) groups is 6. The van der Waals surface area contributed by atoms with Crippen molar-refractivity contribution >= 4 is 36.1 Å². The van der Waals surface area contributed by atoms with Crippen molar-refractivity contribution in [1.82, 2.24) is 9.80 Å². The molecule has 0 saturated carbocycles. The minimum Gasteiger partial charge on any atom is -0.481 e. The van der Waals surface area contributed by atoms with Gasteiger partial charge in [-0.05, 0) is 54.4 Å². The first-order chi connectivity index (χ1) is 17.2. The molecule has 38 heavy (non-hydrogen) atoms. The molecule has 0 aromatic rings. The molecule has 0 aliphatic carbocycles. The molecule has 2 aliphatic rings. The first-order valence-electron chi connectivity index (χ1n) is 12.1. The van der Waals surface area contributed by atoms with E-state index in [-0.39, 0.29) is 39.0 Å². The molecular weight excluding hydrogens is 508 g/mol.